The van der Waals surface area contributed by atoms with E-state index in [0.29, 0.717) is 0 Å². The quantitative estimate of drug-likeness (QED) is 0.500. The summed E-state index contributed by atoms with van der Waals surface area (Å²) in [6, 6.07) is 22.2. The number of nitrogens with two attached hydrogens (primary N) is 1. The van der Waals surface area contributed by atoms with Gasteiger partial charge < -0.3 is 5.73 Å². The largest absolute Gasteiger partial charge is 0.399 e. The molecule has 0 bridgehead atoms. The molecule has 0 unspecified atom stereocenters. The van der Waals surface area contributed by atoms with Gasteiger partial charge in [-0.1, -0.05) is 77.1 Å². The topological polar surface area (TPSA) is 26.0 Å². The van der Waals surface area contributed by atoms with Gasteiger partial charge in [0.05, 0.1) is 0 Å². The van der Waals surface area contributed by atoms with Crippen molar-refractivity contribution in [3.63, 3.8) is 0 Å². The van der Waals surface area contributed by atoms with Gasteiger partial charge in [-0.15, -0.1) is 0 Å². The van der Waals surface area contributed by atoms with Crippen LogP contribution in [0.25, 0.3) is 22.3 Å². The summed E-state index contributed by atoms with van der Waals surface area (Å²) in [5, 5.41) is 0. The van der Waals surface area contributed by atoms with E-state index in [4.69, 9.17) is 5.73 Å². The van der Waals surface area contributed by atoms with E-state index in [0.717, 1.165) is 5.69 Å². The van der Waals surface area contributed by atoms with Crippen LogP contribution in [-0.4, -0.2) is 0 Å². The fraction of sp³-hybridized carbons (Fsp3) is 0.280. The fourth-order valence-electron chi connectivity index (χ4n) is 4.10. The van der Waals surface area contributed by atoms with Crippen LogP contribution in [0.5, 0.6) is 0 Å². The number of hydrogen-bond donors (Lipinski definition) is 1. The summed E-state index contributed by atoms with van der Waals surface area (Å²) in [6.07, 6.45) is 0. The molecule has 0 saturated carbocycles. The summed E-state index contributed by atoms with van der Waals surface area (Å²) in [4.78, 5) is 0. The van der Waals surface area contributed by atoms with Crippen LogP contribution < -0.4 is 5.73 Å². The molecule has 26 heavy (non-hydrogen) atoms. The van der Waals surface area contributed by atoms with Crippen molar-refractivity contribution >= 4 is 5.69 Å². The number of rotatable bonds is 1. The normalized spacial score (nSPS) is 14.8. The van der Waals surface area contributed by atoms with Crippen molar-refractivity contribution in [1.29, 1.82) is 0 Å². The highest BCUT2D eigenvalue weighted by Crippen LogP contribution is 2.50. The molecule has 1 aliphatic rings. The Morgan fingerprint density at radius 2 is 1.23 bits per heavy atom. The van der Waals surface area contributed by atoms with Crippen LogP contribution in [0.3, 0.4) is 0 Å². The van der Waals surface area contributed by atoms with Crippen LogP contribution in [0, 0.1) is 0 Å². The van der Waals surface area contributed by atoms with Crippen LogP contribution in [0.4, 0.5) is 5.69 Å². The van der Waals surface area contributed by atoms with Crippen LogP contribution in [0.15, 0.2) is 60.7 Å². The van der Waals surface area contributed by atoms with Gasteiger partial charge in [0.25, 0.3) is 0 Å². The minimum absolute atomic E-state index is 0.0264. The van der Waals surface area contributed by atoms with E-state index < -0.39 is 0 Å². The smallest absolute Gasteiger partial charge is 0.0317 e. The van der Waals surface area contributed by atoms with Crippen molar-refractivity contribution < 1.29 is 0 Å². The van der Waals surface area contributed by atoms with E-state index in [2.05, 4.69) is 89.2 Å². The molecule has 0 atom stereocenters. The van der Waals surface area contributed by atoms with Crippen molar-refractivity contribution in [3.8, 4) is 22.3 Å². The highest BCUT2D eigenvalue weighted by Gasteiger charge is 2.35. The van der Waals surface area contributed by atoms with Crippen molar-refractivity contribution in [2.45, 2.75) is 45.4 Å². The zero-order valence-corrected chi connectivity index (χ0v) is 16.4. The third kappa shape index (κ3) is 2.54. The fourth-order valence-corrected chi connectivity index (χ4v) is 4.10. The first kappa shape index (κ1) is 16.9. The first-order valence-electron chi connectivity index (χ1n) is 9.34. The maximum Gasteiger partial charge on any atom is 0.0317 e. The predicted molar refractivity (Wildman–Crippen MR) is 113 cm³/mol. The van der Waals surface area contributed by atoms with Gasteiger partial charge in [0, 0.05) is 11.1 Å². The average Bonchev–Trinajstić information content (AvgIpc) is 2.81. The molecule has 0 fully saturated rings. The zero-order chi connectivity index (χ0) is 18.7. The Morgan fingerprint density at radius 1 is 0.692 bits per heavy atom. The first-order chi connectivity index (χ1) is 12.2. The van der Waals surface area contributed by atoms with Crippen molar-refractivity contribution in [2.75, 3.05) is 5.73 Å². The third-order valence-corrected chi connectivity index (χ3v) is 5.78. The first-order valence-corrected chi connectivity index (χ1v) is 9.34. The molecule has 1 aliphatic carbocycles. The number of fused-ring (bicyclic) bond motifs is 3. The number of hydrogen-bond acceptors (Lipinski definition) is 1. The van der Waals surface area contributed by atoms with Crippen LogP contribution in [-0.2, 0) is 10.8 Å². The summed E-state index contributed by atoms with van der Waals surface area (Å²) in [5.74, 6) is 0. The maximum absolute atomic E-state index is 6.06. The molecule has 1 nitrogen and oxygen atoms in total. The van der Waals surface area contributed by atoms with Gasteiger partial charge in [-0.25, -0.2) is 0 Å². The lowest BCUT2D eigenvalue weighted by Gasteiger charge is -2.22. The summed E-state index contributed by atoms with van der Waals surface area (Å²) >= 11 is 0. The second kappa shape index (κ2) is 5.48. The Bertz CT molecular complexity index is 986. The second-order valence-electron chi connectivity index (χ2n) is 9.02. The molecule has 0 aromatic heterocycles. The van der Waals surface area contributed by atoms with E-state index >= 15 is 0 Å². The van der Waals surface area contributed by atoms with Crippen molar-refractivity contribution in [2.24, 2.45) is 0 Å². The van der Waals surface area contributed by atoms with E-state index in [1.54, 1.807) is 0 Å². The van der Waals surface area contributed by atoms with Crippen LogP contribution in [0.2, 0.25) is 0 Å². The number of benzene rings is 3. The second-order valence-corrected chi connectivity index (χ2v) is 9.02. The molecule has 0 amide bonds. The van der Waals surface area contributed by atoms with E-state index in [1.807, 2.05) is 6.07 Å². The Balaban J connectivity index is 1.80. The highest BCUT2D eigenvalue weighted by molar-refractivity contribution is 5.84. The molecule has 1 heteroatoms. The van der Waals surface area contributed by atoms with E-state index in [-0.39, 0.29) is 10.8 Å². The molecule has 3 aromatic rings. The highest BCUT2D eigenvalue weighted by atomic mass is 14.5. The van der Waals surface area contributed by atoms with E-state index in [9.17, 15) is 0 Å². The molecule has 0 heterocycles. The molecule has 0 aliphatic heterocycles. The Morgan fingerprint density at radius 3 is 1.85 bits per heavy atom. The Kier molecular flexibility index (Phi) is 3.56. The van der Waals surface area contributed by atoms with E-state index in [1.165, 1.54) is 38.9 Å². The minimum Gasteiger partial charge on any atom is -0.399 e. The molecule has 3 aromatic carbocycles. The summed E-state index contributed by atoms with van der Waals surface area (Å²) in [5.41, 5.74) is 16.3. The van der Waals surface area contributed by atoms with Gasteiger partial charge in [-0.05, 0) is 62.6 Å². The zero-order valence-electron chi connectivity index (χ0n) is 16.4. The van der Waals surface area contributed by atoms with Gasteiger partial charge in [0.1, 0.15) is 0 Å². The lowest BCUT2D eigenvalue weighted by Crippen LogP contribution is -2.15. The van der Waals surface area contributed by atoms with Gasteiger partial charge in [0.2, 0.25) is 0 Å². The van der Waals surface area contributed by atoms with Gasteiger partial charge >= 0.3 is 0 Å². The lowest BCUT2D eigenvalue weighted by molar-refractivity contribution is 0.590. The third-order valence-electron chi connectivity index (χ3n) is 5.78. The summed E-state index contributed by atoms with van der Waals surface area (Å²) < 4.78 is 0. The molecular weight excluding hydrogens is 314 g/mol. The SMILES string of the molecule is CC(C)(C)c1ccc(-c2ccc3c(c2)C(C)(C)c2cc(N)ccc2-3)cc1. The van der Waals surface area contributed by atoms with Gasteiger partial charge in [-0.3, -0.25) is 0 Å². The molecule has 4 rings (SSSR count). The monoisotopic (exact) mass is 341 g/mol. The molecule has 0 radical (unpaired) electrons. The van der Waals surface area contributed by atoms with Crippen LogP contribution in [0.1, 0.15) is 51.3 Å². The predicted octanol–water partition coefficient (Wildman–Crippen LogP) is 6.54. The molecule has 2 N–H and O–H groups in total. The maximum atomic E-state index is 6.06. The van der Waals surface area contributed by atoms with Gasteiger partial charge in [0.15, 0.2) is 0 Å². The molecule has 0 spiro atoms. The van der Waals surface area contributed by atoms with Crippen molar-refractivity contribution in [1.82, 2.24) is 0 Å². The van der Waals surface area contributed by atoms with Crippen LogP contribution >= 0.6 is 0 Å². The average molecular weight is 341 g/mol. The Labute approximate surface area is 156 Å². The summed E-state index contributed by atoms with van der Waals surface area (Å²) in [7, 11) is 0. The van der Waals surface area contributed by atoms with Gasteiger partial charge in [-0.2, -0.15) is 0 Å². The standard InChI is InChI=1S/C25H27N/c1-24(2,3)18-9-6-16(7-10-18)17-8-12-20-21-13-11-19(26)15-23(21)25(4,5)22(20)14-17/h6-15H,26H2,1-5H3. The number of nitrogen functional groups attached to an aromatic ring is 1. The molecular formula is C25H27N. The van der Waals surface area contributed by atoms with Crippen molar-refractivity contribution in [3.05, 3.63) is 77.4 Å². The molecule has 132 valence electrons. The molecule has 0 saturated heterocycles. The minimum atomic E-state index is -0.0264. The summed E-state index contributed by atoms with van der Waals surface area (Å²) in [6.45, 7) is 11.3. The lowest BCUT2D eigenvalue weighted by atomic mass is 9.81. The number of anilines is 1. The Hall–Kier alpha value is -2.54.